The van der Waals surface area contributed by atoms with Crippen molar-refractivity contribution in [2.45, 2.75) is 30.8 Å². The summed E-state index contributed by atoms with van der Waals surface area (Å²) in [5, 5.41) is 0. The van der Waals surface area contributed by atoms with Gasteiger partial charge in [0.25, 0.3) is 0 Å². The first-order chi connectivity index (χ1) is 16.4. The first-order valence-corrected chi connectivity index (χ1v) is 13.2. The third-order valence-electron chi connectivity index (χ3n) is 6.31. The Kier molecular flexibility index (Phi) is 7.56. The summed E-state index contributed by atoms with van der Waals surface area (Å²) in [4.78, 5) is 4.67. The molecule has 0 saturated carbocycles. The van der Waals surface area contributed by atoms with Crippen molar-refractivity contribution in [2.75, 3.05) is 38.7 Å². The van der Waals surface area contributed by atoms with Crippen LogP contribution in [0.2, 0.25) is 0 Å². The van der Waals surface area contributed by atoms with Crippen LogP contribution in [0.1, 0.15) is 29.7 Å². The predicted octanol–water partition coefficient (Wildman–Crippen LogP) is 4.23. The van der Waals surface area contributed by atoms with E-state index in [2.05, 4.69) is 63.1 Å². The highest BCUT2D eigenvalue weighted by Crippen LogP contribution is 2.29. The zero-order valence-corrected chi connectivity index (χ0v) is 20.9. The lowest BCUT2D eigenvalue weighted by molar-refractivity contribution is 0.180. The Hall–Kier alpha value is -2.87. The molecule has 3 aromatic rings. The first kappa shape index (κ1) is 24.3. The van der Waals surface area contributed by atoms with Crippen LogP contribution >= 0.6 is 0 Å². The van der Waals surface area contributed by atoms with Gasteiger partial charge in [0.2, 0.25) is 10.0 Å². The minimum Gasteiger partial charge on any atom is -0.494 e. The van der Waals surface area contributed by atoms with Crippen molar-refractivity contribution >= 4 is 15.7 Å². The van der Waals surface area contributed by atoms with Gasteiger partial charge in [-0.2, -0.15) is 0 Å². The van der Waals surface area contributed by atoms with Crippen LogP contribution in [0.25, 0.3) is 0 Å². The second kappa shape index (κ2) is 10.6. The fourth-order valence-corrected chi connectivity index (χ4v) is 5.43. The van der Waals surface area contributed by atoms with Gasteiger partial charge >= 0.3 is 0 Å². The molecule has 0 unspecified atom stereocenters. The molecule has 0 saturated heterocycles. The van der Waals surface area contributed by atoms with Gasteiger partial charge in [-0.1, -0.05) is 36.4 Å². The molecule has 6 nitrogen and oxygen atoms in total. The molecule has 1 atom stereocenters. The summed E-state index contributed by atoms with van der Waals surface area (Å²) >= 11 is 0. The number of rotatable bonds is 9. The number of fused-ring (bicyclic) bond motifs is 1. The SMILES string of the molecule is CCOc1ccc(S(=O)(=O)NC[C@@H](c2ccc(N(C)C)cc2)N2CCc3ccccc3C2)cc1. The lowest BCUT2D eigenvalue weighted by Gasteiger charge is -2.36. The summed E-state index contributed by atoms with van der Waals surface area (Å²) < 4.78 is 34.5. The number of benzene rings is 3. The number of nitrogens with one attached hydrogen (secondary N) is 1. The van der Waals surface area contributed by atoms with Gasteiger partial charge in [0.15, 0.2) is 0 Å². The fourth-order valence-electron chi connectivity index (χ4n) is 4.39. The molecule has 0 spiro atoms. The summed E-state index contributed by atoms with van der Waals surface area (Å²) in [6.07, 6.45) is 0.952. The minimum absolute atomic E-state index is 0.0814. The summed E-state index contributed by atoms with van der Waals surface area (Å²) in [5.74, 6) is 0.660. The fraction of sp³-hybridized carbons (Fsp3) is 0.333. The van der Waals surface area contributed by atoms with Crippen molar-refractivity contribution in [1.82, 2.24) is 9.62 Å². The molecule has 1 aliphatic rings. The van der Waals surface area contributed by atoms with Crippen LogP contribution in [-0.2, 0) is 23.0 Å². The maximum atomic E-state index is 13.1. The van der Waals surface area contributed by atoms with Crippen LogP contribution in [0.5, 0.6) is 5.75 Å². The number of nitrogens with zero attached hydrogens (tertiary/aromatic N) is 2. The van der Waals surface area contributed by atoms with E-state index in [4.69, 9.17) is 4.74 Å². The van der Waals surface area contributed by atoms with E-state index in [1.807, 2.05) is 21.0 Å². The molecule has 1 aliphatic heterocycles. The molecule has 1 N–H and O–H groups in total. The Labute approximate surface area is 203 Å². The smallest absolute Gasteiger partial charge is 0.240 e. The van der Waals surface area contributed by atoms with Crippen LogP contribution in [0, 0.1) is 0 Å². The lowest BCUT2D eigenvalue weighted by atomic mass is 9.96. The van der Waals surface area contributed by atoms with E-state index in [1.165, 1.54) is 11.1 Å². The van der Waals surface area contributed by atoms with Crippen LogP contribution in [0.3, 0.4) is 0 Å². The van der Waals surface area contributed by atoms with Gasteiger partial charge in [0, 0.05) is 45.5 Å². The van der Waals surface area contributed by atoms with Crippen molar-refractivity contribution in [1.29, 1.82) is 0 Å². The quantitative estimate of drug-likeness (QED) is 0.498. The summed E-state index contributed by atoms with van der Waals surface area (Å²) in [6, 6.07) is 23.3. The third kappa shape index (κ3) is 5.60. The number of hydrogen-bond acceptors (Lipinski definition) is 5. The van der Waals surface area contributed by atoms with Crippen molar-refractivity contribution < 1.29 is 13.2 Å². The van der Waals surface area contributed by atoms with Gasteiger partial charge in [0.05, 0.1) is 11.5 Å². The predicted molar refractivity (Wildman–Crippen MR) is 137 cm³/mol. The molecule has 1 heterocycles. The molecular weight excluding hydrogens is 446 g/mol. The normalized spacial score (nSPS) is 14.9. The number of ether oxygens (including phenoxy) is 1. The minimum atomic E-state index is -3.66. The van der Waals surface area contributed by atoms with Gasteiger partial charge in [-0.3, -0.25) is 4.90 Å². The standard InChI is InChI=1S/C27H33N3O3S/c1-4-33-25-13-15-26(16-14-25)34(31,32)28-19-27(22-9-11-24(12-10-22)29(2)3)30-18-17-21-7-5-6-8-23(21)20-30/h5-16,27-28H,4,17-20H2,1-3H3/t27-/m0/s1. The van der Waals surface area contributed by atoms with Gasteiger partial charge in [-0.15, -0.1) is 0 Å². The Morgan fingerprint density at radius 1 is 0.971 bits per heavy atom. The number of hydrogen-bond donors (Lipinski definition) is 1. The van der Waals surface area contributed by atoms with E-state index in [1.54, 1.807) is 24.3 Å². The second-order valence-electron chi connectivity index (χ2n) is 8.75. The van der Waals surface area contributed by atoms with Crippen LogP contribution in [0.4, 0.5) is 5.69 Å². The molecule has 0 radical (unpaired) electrons. The number of anilines is 1. The zero-order chi connectivity index (χ0) is 24.1. The molecule has 3 aromatic carbocycles. The maximum Gasteiger partial charge on any atom is 0.240 e. The maximum absolute atomic E-state index is 13.1. The van der Waals surface area contributed by atoms with E-state index < -0.39 is 10.0 Å². The summed E-state index contributed by atoms with van der Waals surface area (Å²) in [6.45, 7) is 4.40. The highest BCUT2D eigenvalue weighted by atomic mass is 32.2. The zero-order valence-electron chi connectivity index (χ0n) is 20.1. The molecule has 0 aliphatic carbocycles. The van der Waals surface area contributed by atoms with Crippen LogP contribution in [0.15, 0.2) is 77.7 Å². The highest BCUT2D eigenvalue weighted by Gasteiger charge is 2.27. The molecule has 0 aromatic heterocycles. The van der Waals surface area contributed by atoms with Crippen LogP contribution < -0.4 is 14.4 Å². The van der Waals surface area contributed by atoms with Crippen molar-refractivity contribution in [3.8, 4) is 5.75 Å². The van der Waals surface area contributed by atoms with Crippen molar-refractivity contribution in [3.63, 3.8) is 0 Å². The Balaban J connectivity index is 1.56. The van der Waals surface area contributed by atoms with E-state index >= 15 is 0 Å². The van der Waals surface area contributed by atoms with E-state index in [9.17, 15) is 8.42 Å². The summed E-state index contributed by atoms with van der Waals surface area (Å²) in [7, 11) is 0.370. The molecular formula is C27H33N3O3S. The molecule has 7 heteroatoms. The molecule has 34 heavy (non-hydrogen) atoms. The average Bonchev–Trinajstić information content (AvgIpc) is 2.85. The molecule has 180 valence electrons. The topological polar surface area (TPSA) is 61.9 Å². The van der Waals surface area contributed by atoms with Crippen LogP contribution in [-0.4, -0.2) is 47.1 Å². The van der Waals surface area contributed by atoms with Gasteiger partial charge in [0.1, 0.15) is 5.75 Å². The van der Waals surface area contributed by atoms with Crippen molar-refractivity contribution in [3.05, 3.63) is 89.5 Å². The number of sulfonamides is 1. The third-order valence-corrected chi connectivity index (χ3v) is 7.75. The summed E-state index contributed by atoms with van der Waals surface area (Å²) in [5.41, 5.74) is 4.88. The Bertz CT molecular complexity index is 1190. The second-order valence-corrected chi connectivity index (χ2v) is 10.5. The highest BCUT2D eigenvalue weighted by molar-refractivity contribution is 7.89. The molecule has 4 rings (SSSR count). The van der Waals surface area contributed by atoms with E-state index in [-0.39, 0.29) is 10.9 Å². The van der Waals surface area contributed by atoms with Gasteiger partial charge in [-0.05, 0) is 66.4 Å². The van der Waals surface area contributed by atoms with E-state index in [0.29, 0.717) is 18.9 Å². The monoisotopic (exact) mass is 479 g/mol. The van der Waals surface area contributed by atoms with Crippen molar-refractivity contribution in [2.24, 2.45) is 0 Å². The Morgan fingerprint density at radius 3 is 2.29 bits per heavy atom. The molecule has 0 bridgehead atoms. The largest absolute Gasteiger partial charge is 0.494 e. The first-order valence-electron chi connectivity index (χ1n) is 11.7. The molecule has 0 fully saturated rings. The van der Waals surface area contributed by atoms with Gasteiger partial charge < -0.3 is 9.64 Å². The Morgan fingerprint density at radius 2 is 1.65 bits per heavy atom. The average molecular weight is 480 g/mol. The molecule has 0 amide bonds. The lowest BCUT2D eigenvalue weighted by Crippen LogP contribution is -2.40. The van der Waals surface area contributed by atoms with E-state index in [0.717, 1.165) is 30.8 Å². The van der Waals surface area contributed by atoms with Gasteiger partial charge in [-0.25, -0.2) is 13.1 Å².